The Bertz CT molecular complexity index is 386. The number of aliphatic hydroxyl groups excluding tert-OH is 1. The third kappa shape index (κ3) is 5.23. The Morgan fingerprint density at radius 1 is 1.10 bits per heavy atom. The van der Waals surface area contributed by atoms with E-state index in [-0.39, 0.29) is 17.6 Å². The van der Waals surface area contributed by atoms with E-state index in [4.69, 9.17) is 9.84 Å². The van der Waals surface area contributed by atoms with E-state index in [9.17, 15) is 0 Å². The van der Waals surface area contributed by atoms with Gasteiger partial charge in [0.05, 0.1) is 6.61 Å². The highest BCUT2D eigenvalue weighted by atomic mass is 16.5. The van der Waals surface area contributed by atoms with Gasteiger partial charge in [-0.1, -0.05) is 45.0 Å². The smallest absolute Gasteiger partial charge is 0.0642 e. The molecule has 0 fully saturated rings. The molecule has 1 unspecified atom stereocenters. The van der Waals surface area contributed by atoms with Crippen LogP contribution >= 0.6 is 0 Å². The normalized spacial score (nSPS) is 15.1. The standard InChI is InChI=1S/C17H29NO2/c1-16(2,3)15-8-6-14(7-9-15)12-18-17(4,10-11-19)13-20-5/h6-9,18-19H,10-13H2,1-5H3. The summed E-state index contributed by atoms with van der Waals surface area (Å²) in [5.41, 5.74) is 2.59. The van der Waals surface area contributed by atoms with Crippen molar-refractivity contribution in [1.82, 2.24) is 5.32 Å². The van der Waals surface area contributed by atoms with Gasteiger partial charge in [0, 0.05) is 25.8 Å². The molecule has 0 aromatic heterocycles. The fourth-order valence-corrected chi connectivity index (χ4v) is 2.21. The van der Waals surface area contributed by atoms with Gasteiger partial charge >= 0.3 is 0 Å². The van der Waals surface area contributed by atoms with Crippen LogP contribution in [0, 0.1) is 0 Å². The minimum absolute atomic E-state index is 0.163. The minimum Gasteiger partial charge on any atom is -0.396 e. The van der Waals surface area contributed by atoms with Gasteiger partial charge in [0.25, 0.3) is 0 Å². The van der Waals surface area contributed by atoms with Crippen LogP contribution in [-0.4, -0.2) is 31.0 Å². The van der Waals surface area contributed by atoms with Gasteiger partial charge in [-0.25, -0.2) is 0 Å². The molecule has 0 aliphatic heterocycles. The first kappa shape index (κ1) is 17.2. The van der Waals surface area contributed by atoms with Crippen LogP contribution in [0.3, 0.4) is 0 Å². The molecule has 20 heavy (non-hydrogen) atoms. The number of nitrogens with one attached hydrogen (secondary N) is 1. The molecule has 0 saturated heterocycles. The van der Waals surface area contributed by atoms with Gasteiger partial charge in [-0.2, -0.15) is 0 Å². The average molecular weight is 279 g/mol. The molecule has 0 aliphatic rings. The van der Waals surface area contributed by atoms with Crippen molar-refractivity contribution >= 4 is 0 Å². The monoisotopic (exact) mass is 279 g/mol. The summed E-state index contributed by atoms with van der Waals surface area (Å²) >= 11 is 0. The molecule has 0 radical (unpaired) electrons. The molecule has 0 bridgehead atoms. The van der Waals surface area contributed by atoms with E-state index in [1.165, 1.54) is 11.1 Å². The van der Waals surface area contributed by atoms with E-state index in [1.807, 2.05) is 0 Å². The Hall–Kier alpha value is -0.900. The Morgan fingerprint density at radius 2 is 1.70 bits per heavy atom. The Morgan fingerprint density at radius 3 is 2.15 bits per heavy atom. The van der Waals surface area contributed by atoms with Crippen molar-refractivity contribution in [2.75, 3.05) is 20.3 Å². The molecule has 3 nitrogen and oxygen atoms in total. The van der Waals surface area contributed by atoms with Crippen molar-refractivity contribution in [3.8, 4) is 0 Å². The van der Waals surface area contributed by atoms with Gasteiger partial charge in [-0.15, -0.1) is 0 Å². The molecule has 0 heterocycles. The summed E-state index contributed by atoms with van der Waals surface area (Å²) in [4.78, 5) is 0. The van der Waals surface area contributed by atoms with E-state index in [1.54, 1.807) is 7.11 Å². The summed E-state index contributed by atoms with van der Waals surface area (Å²) in [6, 6.07) is 8.72. The molecule has 1 aromatic rings. The van der Waals surface area contributed by atoms with Gasteiger partial charge in [-0.05, 0) is 29.9 Å². The fraction of sp³-hybridized carbons (Fsp3) is 0.647. The van der Waals surface area contributed by atoms with Crippen molar-refractivity contribution in [2.45, 2.75) is 51.6 Å². The van der Waals surface area contributed by atoms with Gasteiger partial charge < -0.3 is 15.2 Å². The number of rotatable bonds is 7. The van der Waals surface area contributed by atoms with Gasteiger partial charge in [0.1, 0.15) is 0 Å². The molecule has 114 valence electrons. The summed E-state index contributed by atoms with van der Waals surface area (Å²) in [7, 11) is 1.69. The lowest BCUT2D eigenvalue weighted by Gasteiger charge is -2.30. The zero-order valence-corrected chi connectivity index (χ0v) is 13.5. The molecule has 3 heteroatoms. The van der Waals surface area contributed by atoms with Crippen molar-refractivity contribution < 1.29 is 9.84 Å². The lowest BCUT2D eigenvalue weighted by Crippen LogP contribution is -2.46. The van der Waals surface area contributed by atoms with Crippen LogP contribution in [0.4, 0.5) is 0 Å². The van der Waals surface area contributed by atoms with Crippen molar-refractivity contribution in [3.05, 3.63) is 35.4 Å². The fourth-order valence-electron chi connectivity index (χ4n) is 2.21. The summed E-state index contributed by atoms with van der Waals surface area (Å²) in [6.45, 7) is 10.3. The van der Waals surface area contributed by atoms with E-state index >= 15 is 0 Å². The number of aliphatic hydroxyl groups is 1. The molecule has 2 N–H and O–H groups in total. The Balaban J connectivity index is 2.64. The van der Waals surface area contributed by atoms with Crippen molar-refractivity contribution in [3.63, 3.8) is 0 Å². The Kier molecular flexibility index (Phi) is 6.18. The molecule has 0 saturated carbocycles. The average Bonchev–Trinajstić information content (AvgIpc) is 2.37. The largest absolute Gasteiger partial charge is 0.396 e. The third-order valence-corrected chi connectivity index (χ3v) is 3.67. The quantitative estimate of drug-likeness (QED) is 0.806. The second-order valence-corrected chi connectivity index (χ2v) is 6.77. The topological polar surface area (TPSA) is 41.5 Å². The van der Waals surface area contributed by atoms with Crippen LogP contribution in [0.15, 0.2) is 24.3 Å². The van der Waals surface area contributed by atoms with Crippen molar-refractivity contribution in [2.24, 2.45) is 0 Å². The maximum Gasteiger partial charge on any atom is 0.0642 e. The molecule has 0 amide bonds. The van der Waals surface area contributed by atoms with E-state index < -0.39 is 0 Å². The molecule has 0 spiro atoms. The SMILES string of the molecule is COCC(C)(CCO)NCc1ccc(C(C)(C)C)cc1. The summed E-state index contributed by atoms with van der Waals surface area (Å²) < 4.78 is 5.24. The summed E-state index contributed by atoms with van der Waals surface area (Å²) in [5, 5.41) is 12.6. The summed E-state index contributed by atoms with van der Waals surface area (Å²) in [5.74, 6) is 0. The summed E-state index contributed by atoms with van der Waals surface area (Å²) in [6.07, 6.45) is 0.681. The number of hydrogen-bond acceptors (Lipinski definition) is 3. The lowest BCUT2D eigenvalue weighted by molar-refractivity contribution is 0.0969. The highest BCUT2D eigenvalue weighted by molar-refractivity contribution is 5.27. The molecule has 1 atom stereocenters. The second kappa shape index (κ2) is 7.21. The maximum atomic E-state index is 9.16. The first-order valence-electron chi connectivity index (χ1n) is 7.25. The van der Waals surface area contributed by atoms with Crippen molar-refractivity contribution in [1.29, 1.82) is 0 Å². The first-order chi connectivity index (χ1) is 9.30. The molecular weight excluding hydrogens is 250 g/mol. The number of ether oxygens (including phenoxy) is 1. The van der Waals surface area contributed by atoms with E-state index in [0.717, 1.165) is 6.54 Å². The predicted octanol–water partition coefficient (Wildman–Crippen LogP) is 2.86. The number of hydrogen-bond donors (Lipinski definition) is 2. The van der Waals surface area contributed by atoms with Crippen LogP contribution in [0.2, 0.25) is 0 Å². The molecule has 1 aromatic carbocycles. The van der Waals surface area contributed by atoms with Crippen LogP contribution in [-0.2, 0) is 16.7 Å². The lowest BCUT2D eigenvalue weighted by atomic mass is 9.86. The molecular formula is C17H29NO2. The van der Waals surface area contributed by atoms with Crippen LogP contribution in [0.25, 0.3) is 0 Å². The van der Waals surface area contributed by atoms with Crippen LogP contribution in [0.1, 0.15) is 45.2 Å². The second-order valence-electron chi connectivity index (χ2n) is 6.77. The number of benzene rings is 1. The number of methoxy groups -OCH3 is 1. The molecule has 0 aliphatic carbocycles. The van der Waals surface area contributed by atoms with E-state index in [2.05, 4.69) is 57.3 Å². The minimum atomic E-state index is -0.188. The highest BCUT2D eigenvalue weighted by Gasteiger charge is 2.22. The van der Waals surface area contributed by atoms with Crippen LogP contribution < -0.4 is 5.32 Å². The first-order valence-corrected chi connectivity index (χ1v) is 7.25. The zero-order valence-electron chi connectivity index (χ0n) is 13.5. The predicted molar refractivity (Wildman–Crippen MR) is 84.0 cm³/mol. The third-order valence-electron chi connectivity index (χ3n) is 3.67. The van der Waals surface area contributed by atoms with Gasteiger partial charge in [0.2, 0.25) is 0 Å². The van der Waals surface area contributed by atoms with Crippen LogP contribution in [0.5, 0.6) is 0 Å². The zero-order chi connectivity index (χ0) is 15.2. The highest BCUT2D eigenvalue weighted by Crippen LogP contribution is 2.22. The molecule has 1 rings (SSSR count). The van der Waals surface area contributed by atoms with E-state index in [0.29, 0.717) is 13.0 Å². The maximum absolute atomic E-state index is 9.16. The Labute approximate surface area is 123 Å². The van der Waals surface area contributed by atoms with Gasteiger partial charge in [-0.3, -0.25) is 0 Å². The van der Waals surface area contributed by atoms with Gasteiger partial charge in [0.15, 0.2) is 0 Å².